The molecule has 0 N–H and O–H groups in total. The van der Waals surface area contributed by atoms with E-state index in [0.717, 1.165) is 60.5 Å². The standard InChI is InChI=1S/C59H35N3O/c1-3-16-40-38(14-1)34-53(46-22-9-5-18-42(40)46)36-28-30-37(31-29-36)57-60-58(62-59(61-57)52-26-13-25-50-49-24-11-12-27-55(49)63-56(50)52)51-33-32-48(44-20-7-8-21-45(44)51)54-35-39-15-2-4-17-41(39)43-19-6-10-23-47(43)54/h1-35H. The van der Waals surface area contributed by atoms with Crippen LogP contribution in [0.1, 0.15) is 0 Å². The fraction of sp³-hybridized carbons (Fsp3) is 0. The first-order chi connectivity index (χ1) is 31.2. The molecule has 0 atom stereocenters. The van der Waals surface area contributed by atoms with Gasteiger partial charge in [0.1, 0.15) is 11.2 Å². The maximum atomic E-state index is 6.56. The van der Waals surface area contributed by atoms with Crippen LogP contribution in [0, 0.1) is 0 Å². The molecule has 2 aromatic heterocycles. The number of benzene rings is 11. The molecule has 0 saturated heterocycles. The Morgan fingerprint density at radius 1 is 0.254 bits per heavy atom. The lowest BCUT2D eigenvalue weighted by atomic mass is 9.89. The highest BCUT2D eigenvalue weighted by atomic mass is 16.3. The number of nitrogens with zero attached hydrogens (tertiary/aromatic N) is 3. The van der Waals surface area contributed by atoms with Gasteiger partial charge in [-0.1, -0.05) is 182 Å². The van der Waals surface area contributed by atoms with Crippen molar-refractivity contribution in [1.82, 2.24) is 15.0 Å². The van der Waals surface area contributed by atoms with Crippen LogP contribution < -0.4 is 0 Å². The molecule has 0 radical (unpaired) electrons. The highest BCUT2D eigenvalue weighted by Gasteiger charge is 2.20. The van der Waals surface area contributed by atoms with Crippen LogP contribution in [0.5, 0.6) is 0 Å². The molecule has 13 rings (SSSR count). The van der Waals surface area contributed by atoms with E-state index in [4.69, 9.17) is 19.4 Å². The lowest BCUT2D eigenvalue weighted by Gasteiger charge is -2.16. The third-order valence-corrected chi connectivity index (χ3v) is 12.7. The van der Waals surface area contributed by atoms with E-state index in [1.165, 1.54) is 54.2 Å². The summed E-state index contributed by atoms with van der Waals surface area (Å²) < 4.78 is 6.56. The second-order valence-electron chi connectivity index (χ2n) is 16.3. The summed E-state index contributed by atoms with van der Waals surface area (Å²) in [5.41, 5.74) is 8.90. The van der Waals surface area contributed by atoms with Crippen molar-refractivity contribution in [3.8, 4) is 56.4 Å². The molecule has 2 heterocycles. The second-order valence-corrected chi connectivity index (χ2v) is 16.3. The fourth-order valence-electron chi connectivity index (χ4n) is 9.77. The third-order valence-electron chi connectivity index (χ3n) is 12.7. The molecule has 0 amide bonds. The maximum absolute atomic E-state index is 6.56. The summed E-state index contributed by atoms with van der Waals surface area (Å²) in [5.74, 6) is 1.74. The molecule has 0 bridgehead atoms. The molecule has 13 aromatic rings. The predicted octanol–water partition coefficient (Wildman–Crippen LogP) is 15.9. The van der Waals surface area contributed by atoms with E-state index in [-0.39, 0.29) is 0 Å². The summed E-state index contributed by atoms with van der Waals surface area (Å²) in [6.45, 7) is 0. The molecule has 0 unspecified atom stereocenters. The number of hydrogen-bond acceptors (Lipinski definition) is 4. The fourth-order valence-corrected chi connectivity index (χ4v) is 9.77. The zero-order valence-corrected chi connectivity index (χ0v) is 34.0. The Labute approximate surface area is 362 Å². The first-order valence-corrected chi connectivity index (χ1v) is 21.3. The van der Waals surface area contributed by atoms with Gasteiger partial charge < -0.3 is 4.42 Å². The monoisotopic (exact) mass is 801 g/mol. The molecule has 4 heteroatoms. The van der Waals surface area contributed by atoms with Crippen LogP contribution in [0.25, 0.3) is 132 Å². The van der Waals surface area contributed by atoms with Gasteiger partial charge in [0.15, 0.2) is 17.5 Å². The van der Waals surface area contributed by atoms with Crippen LogP contribution in [0.15, 0.2) is 217 Å². The smallest absolute Gasteiger partial charge is 0.167 e. The van der Waals surface area contributed by atoms with Gasteiger partial charge in [0, 0.05) is 21.9 Å². The van der Waals surface area contributed by atoms with E-state index in [1.54, 1.807) is 0 Å². The van der Waals surface area contributed by atoms with E-state index in [2.05, 4.69) is 188 Å². The van der Waals surface area contributed by atoms with Gasteiger partial charge in [-0.25, -0.2) is 15.0 Å². The highest BCUT2D eigenvalue weighted by Crippen LogP contribution is 2.42. The van der Waals surface area contributed by atoms with E-state index in [0.29, 0.717) is 17.5 Å². The summed E-state index contributed by atoms with van der Waals surface area (Å²) in [5, 5.41) is 14.1. The number of aromatic nitrogens is 3. The summed E-state index contributed by atoms with van der Waals surface area (Å²) >= 11 is 0. The first-order valence-electron chi connectivity index (χ1n) is 21.3. The van der Waals surface area contributed by atoms with Gasteiger partial charge in [-0.15, -0.1) is 0 Å². The van der Waals surface area contributed by atoms with Crippen LogP contribution in [0.4, 0.5) is 0 Å². The van der Waals surface area contributed by atoms with Crippen molar-refractivity contribution in [2.24, 2.45) is 0 Å². The molecule has 0 aliphatic heterocycles. The Morgan fingerprint density at radius 2 is 0.698 bits per heavy atom. The minimum absolute atomic E-state index is 0.554. The lowest BCUT2D eigenvalue weighted by molar-refractivity contribution is 0.669. The van der Waals surface area contributed by atoms with Gasteiger partial charge in [-0.3, -0.25) is 0 Å². The molecular formula is C59H35N3O. The van der Waals surface area contributed by atoms with Gasteiger partial charge in [0.05, 0.1) is 5.56 Å². The minimum Gasteiger partial charge on any atom is -0.455 e. The van der Waals surface area contributed by atoms with Crippen molar-refractivity contribution in [2.45, 2.75) is 0 Å². The van der Waals surface area contributed by atoms with Crippen LogP contribution >= 0.6 is 0 Å². The second kappa shape index (κ2) is 14.1. The number of fused-ring (bicyclic) bond motifs is 10. The molecule has 63 heavy (non-hydrogen) atoms. The molecule has 0 aliphatic carbocycles. The predicted molar refractivity (Wildman–Crippen MR) is 262 cm³/mol. The Kier molecular flexibility index (Phi) is 7.87. The Morgan fingerprint density at radius 3 is 1.37 bits per heavy atom. The van der Waals surface area contributed by atoms with Gasteiger partial charge in [0.2, 0.25) is 0 Å². The largest absolute Gasteiger partial charge is 0.455 e. The lowest BCUT2D eigenvalue weighted by Crippen LogP contribution is -2.01. The molecule has 0 fully saturated rings. The molecule has 11 aromatic carbocycles. The van der Waals surface area contributed by atoms with E-state index >= 15 is 0 Å². The Bertz CT molecular complexity index is 3980. The molecule has 0 aliphatic rings. The number of hydrogen-bond donors (Lipinski definition) is 0. The Balaban J connectivity index is 1.01. The van der Waals surface area contributed by atoms with Crippen LogP contribution in [-0.4, -0.2) is 15.0 Å². The Hall–Kier alpha value is -8.47. The SMILES string of the molecule is c1ccc2c(c1)cc(-c1ccc(-c3nc(-c4ccc(-c5cc6ccccc6c6ccccc56)c5ccccc45)nc(-c4cccc5c4oc4ccccc45)n3)cc1)c1ccccc12. The number of rotatable bonds is 5. The quantitative estimate of drug-likeness (QED) is 0.163. The van der Waals surface area contributed by atoms with Gasteiger partial charge in [-0.2, -0.15) is 0 Å². The summed E-state index contributed by atoms with van der Waals surface area (Å²) in [6.07, 6.45) is 0. The highest BCUT2D eigenvalue weighted by molar-refractivity contribution is 6.18. The van der Waals surface area contributed by atoms with Crippen molar-refractivity contribution < 1.29 is 4.42 Å². The van der Waals surface area contributed by atoms with Gasteiger partial charge in [0.25, 0.3) is 0 Å². The normalized spacial score (nSPS) is 11.8. The zero-order valence-electron chi connectivity index (χ0n) is 34.0. The summed E-state index contributed by atoms with van der Waals surface area (Å²) in [7, 11) is 0. The molecular weight excluding hydrogens is 767 g/mol. The third kappa shape index (κ3) is 5.66. The topological polar surface area (TPSA) is 51.8 Å². The van der Waals surface area contributed by atoms with E-state index in [9.17, 15) is 0 Å². The van der Waals surface area contributed by atoms with Crippen LogP contribution in [0.2, 0.25) is 0 Å². The summed E-state index contributed by atoms with van der Waals surface area (Å²) in [4.78, 5) is 15.9. The average molecular weight is 802 g/mol. The van der Waals surface area contributed by atoms with E-state index in [1.807, 2.05) is 24.3 Å². The number of furan rings is 1. The molecule has 0 spiro atoms. The average Bonchev–Trinajstić information content (AvgIpc) is 3.75. The first kappa shape index (κ1) is 35.3. The van der Waals surface area contributed by atoms with Gasteiger partial charge >= 0.3 is 0 Å². The molecule has 0 saturated carbocycles. The van der Waals surface area contributed by atoms with Crippen molar-refractivity contribution in [2.75, 3.05) is 0 Å². The van der Waals surface area contributed by atoms with Crippen molar-refractivity contribution in [3.05, 3.63) is 212 Å². The maximum Gasteiger partial charge on any atom is 0.167 e. The zero-order chi connectivity index (χ0) is 41.4. The van der Waals surface area contributed by atoms with Gasteiger partial charge in [-0.05, 0) is 106 Å². The van der Waals surface area contributed by atoms with Crippen molar-refractivity contribution >= 4 is 75.8 Å². The number of para-hydroxylation sites is 2. The van der Waals surface area contributed by atoms with Crippen molar-refractivity contribution in [1.29, 1.82) is 0 Å². The van der Waals surface area contributed by atoms with Crippen LogP contribution in [0.3, 0.4) is 0 Å². The molecule has 4 nitrogen and oxygen atoms in total. The minimum atomic E-state index is 0.554. The van der Waals surface area contributed by atoms with E-state index < -0.39 is 0 Å². The molecule has 292 valence electrons. The summed E-state index contributed by atoms with van der Waals surface area (Å²) in [6, 6.07) is 75.3. The van der Waals surface area contributed by atoms with Crippen molar-refractivity contribution in [3.63, 3.8) is 0 Å². The van der Waals surface area contributed by atoms with Crippen LogP contribution in [-0.2, 0) is 0 Å².